The second kappa shape index (κ2) is 6.70. The topological polar surface area (TPSA) is 21.3 Å². The molecule has 1 N–H and O–H groups in total. The van der Waals surface area contributed by atoms with Crippen LogP contribution >= 0.6 is 11.8 Å². The van der Waals surface area contributed by atoms with Crippen molar-refractivity contribution in [2.45, 2.75) is 37.4 Å². The average molecular weight is 217 g/mol. The highest BCUT2D eigenvalue weighted by molar-refractivity contribution is 8.00. The lowest BCUT2D eigenvalue weighted by atomic mass is 9.84. The highest BCUT2D eigenvalue weighted by Crippen LogP contribution is 2.41. The van der Waals surface area contributed by atoms with E-state index in [4.69, 9.17) is 4.74 Å². The predicted molar refractivity (Wildman–Crippen MR) is 64.1 cm³/mol. The lowest BCUT2D eigenvalue weighted by Gasteiger charge is -2.40. The maximum atomic E-state index is 5.41. The number of ether oxygens (including phenoxy) is 1. The Hall–Kier alpha value is 0.270. The summed E-state index contributed by atoms with van der Waals surface area (Å²) in [6, 6.07) is 0. The van der Waals surface area contributed by atoms with Crippen LogP contribution in [-0.4, -0.2) is 37.3 Å². The summed E-state index contributed by atoms with van der Waals surface area (Å²) in [6.45, 7) is 6.06. The number of hydrogen-bond donors (Lipinski definition) is 1. The van der Waals surface area contributed by atoms with E-state index in [9.17, 15) is 0 Å². The Morgan fingerprint density at radius 1 is 1.36 bits per heavy atom. The SMILES string of the molecule is CCCOCCNCC1(SC)CCC1. The Morgan fingerprint density at radius 3 is 2.64 bits per heavy atom. The van der Waals surface area contributed by atoms with Gasteiger partial charge in [0, 0.05) is 24.4 Å². The second-order valence-corrected chi connectivity index (χ2v) is 5.30. The third-order valence-corrected chi connectivity index (χ3v) is 4.34. The number of thioether (sulfide) groups is 1. The van der Waals surface area contributed by atoms with E-state index in [1.54, 1.807) is 0 Å². The van der Waals surface area contributed by atoms with E-state index >= 15 is 0 Å². The monoisotopic (exact) mass is 217 g/mol. The smallest absolute Gasteiger partial charge is 0.0590 e. The molecule has 0 atom stereocenters. The molecule has 0 saturated heterocycles. The van der Waals surface area contributed by atoms with Crippen molar-refractivity contribution < 1.29 is 4.74 Å². The fraction of sp³-hybridized carbons (Fsp3) is 1.00. The van der Waals surface area contributed by atoms with E-state index in [1.165, 1.54) is 19.3 Å². The lowest BCUT2D eigenvalue weighted by Crippen LogP contribution is -2.44. The molecule has 0 unspecified atom stereocenters. The third kappa shape index (κ3) is 3.79. The summed E-state index contributed by atoms with van der Waals surface area (Å²) in [5, 5.41) is 3.49. The van der Waals surface area contributed by atoms with E-state index in [2.05, 4.69) is 18.5 Å². The molecule has 0 spiro atoms. The predicted octanol–water partition coefficient (Wildman–Crippen LogP) is 2.29. The van der Waals surface area contributed by atoms with Gasteiger partial charge in [-0.1, -0.05) is 13.3 Å². The van der Waals surface area contributed by atoms with Crippen LogP contribution in [0.25, 0.3) is 0 Å². The summed E-state index contributed by atoms with van der Waals surface area (Å²) in [7, 11) is 0. The van der Waals surface area contributed by atoms with Crippen LogP contribution in [0.4, 0.5) is 0 Å². The first kappa shape index (κ1) is 12.3. The fourth-order valence-electron chi connectivity index (χ4n) is 1.73. The highest BCUT2D eigenvalue weighted by Gasteiger charge is 2.35. The number of hydrogen-bond acceptors (Lipinski definition) is 3. The van der Waals surface area contributed by atoms with Gasteiger partial charge in [-0.05, 0) is 25.5 Å². The summed E-state index contributed by atoms with van der Waals surface area (Å²) in [5.41, 5.74) is 0. The van der Waals surface area contributed by atoms with Crippen molar-refractivity contribution in [1.29, 1.82) is 0 Å². The lowest BCUT2D eigenvalue weighted by molar-refractivity contribution is 0.135. The van der Waals surface area contributed by atoms with E-state index in [-0.39, 0.29) is 0 Å². The molecule has 14 heavy (non-hydrogen) atoms. The Bertz CT molecular complexity index is 143. The molecule has 2 nitrogen and oxygen atoms in total. The van der Waals surface area contributed by atoms with Crippen molar-refractivity contribution in [3.63, 3.8) is 0 Å². The third-order valence-electron chi connectivity index (χ3n) is 2.92. The van der Waals surface area contributed by atoms with Gasteiger partial charge in [-0.3, -0.25) is 0 Å². The molecule has 1 aliphatic rings. The quantitative estimate of drug-likeness (QED) is 0.630. The molecule has 3 heteroatoms. The normalized spacial score (nSPS) is 19.3. The van der Waals surface area contributed by atoms with Gasteiger partial charge in [0.15, 0.2) is 0 Å². The van der Waals surface area contributed by atoms with E-state index < -0.39 is 0 Å². The molecular formula is C11H23NOS. The molecule has 1 fully saturated rings. The fourth-order valence-corrected chi connectivity index (χ4v) is 2.67. The molecule has 0 heterocycles. The van der Waals surface area contributed by atoms with Crippen LogP contribution in [0.1, 0.15) is 32.6 Å². The van der Waals surface area contributed by atoms with Crippen LogP contribution in [0.15, 0.2) is 0 Å². The van der Waals surface area contributed by atoms with E-state index in [0.717, 1.165) is 32.7 Å². The van der Waals surface area contributed by atoms with Crippen molar-refractivity contribution >= 4 is 11.8 Å². The van der Waals surface area contributed by atoms with Gasteiger partial charge in [0.2, 0.25) is 0 Å². The zero-order valence-corrected chi connectivity index (χ0v) is 10.3. The molecule has 0 aliphatic heterocycles. The van der Waals surface area contributed by atoms with Crippen LogP contribution in [0.3, 0.4) is 0 Å². The van der Waals surface area contributed by atoms with Crippen LogP contribution in [0, 0.1) is 0 Å². The van der Waals surface area contributed by atoms with E-state index in [1.807, 2.05) is 11.8 Å². The van der Waals surface area contributed by atoms with Crippen LogP contribution in [0.2, 0.25) is 0 Å². The minimum Gasteiger partial charge on any atom is -0.380 e. The molecule has 0 radical (unpaired) electrons. The first-order valence-electron chi connectivity index (χ1n) is 5.66. The molecule has 0 aromatic heterocycles. The van der Waals surface area contributed by atoms with Crippen molar-refractivity contribution in [3.05, 3.63) is 0 Å². The first-order chi connectivity index (χ1) is 6.83. The minimum atomic E-state index is 0.560. The van der Waals surface area contributed by atoms with Gasteiger partial charge in [0.1, 0.15) is 0 Å². The number of rotatable bonds is 8. The molecule has 84 valence electrons. The minimum absolute atomic E-state index is 0.560. The zero-order chi connectivity index (χ0) is 10.3. The summed E-state index contributed by atoms with van der Waals surface area (Å²) >= 11 is 2.02. The van der Waals surface area contributed by atoms with Gasteiger partial charge < -0.3 is 10.1 Å². The Labute approximate surface area is 92.2 Å². The van der Waals surface area contributed by atoms with Crippen molar-refractivity contribution in [2.24, 2.45) is 0 Å². The average Bonchev–Trinajstić information content (AvgIpc) is 2.15. The summed E-state index contributed by atoms with van der Waals surface area (Å²) in [5.74, 6) is 0. The zero-order valence-electron chi connectivity index (χ0n) is 9.47. The van der Waals surface area contributed by atoms with Crippen molar-refractivity contribution in [2.75, 3.05) is 32.6 Å². The summed E-state index contributed by atoms with van der Waals surface area (Å²) in [4.78, 5) is 0. The highest BCUT2D eigenvalue weighted by atomic mass is 32.2. The van der Waals surface area contributed by atoms with Gasteiger partial charge in [-0.2, -0.15) is 11.8 Å². The number of nitrogens with one attached hydrogen (secondary N) is 1. The molecule has 0 aromatic carbocycles. The second-order valence-electron chi connectivity index (χ2n) is 4.03. The molecule has 1 rings (SSSR count). The van der Waals surface area contributed by atoms with Crippen LogP contribution in [0.5, 0.6) is 0 Å². The van der Waals surface area contributed by atoms with Gasteiger partial charge in [0.25, 0.3) is 0 Å². The van der Waals surface area contributed by atoms with Crippen molar-refractivity contribution in [1.82, 2.24) is 5.32 Å². The Morgan fingerprint density at radius 2 is 2.14 bits per heavy atom. The molecular weight excluding hydrogens is 194 g/mol. The van der Waals surface area contributed by atoms with Gasteiger partial charge >= 0.3 is 0 Å². The molecule has 1 saturated carbocycles. The van der Waals surface area contributed by atoms with Crippen LogP contribution in [-0.2, 0) is 4.74 Å². The maximum absolute atomic E-state index is 5.41. The van der Waals surface area contributed by atoms with E-state index in [0.29, 0.717) is 4.75 Å². The molecule has 0 amide bonds. The van der Waals surface area contributed by atoms with Gasteiger partial charge in [0.05, 0.1) is 6.61 Å². The van der Waals surface area contributed by atoms with Gasteiger partial charge in [-0.25, -0.2) is 0 Å². The molecule has 0 bridgehead atoms. The standard InChI is InChI=1S/C11H23NOS/c1-3-8-13-9-7-12-10-11(14-2)5-4-6-11/h12H,3-10H2,1-2H3. The summed E-state index contributed by atoms with van der Waals surface area (Å²) in [6.07, 6.45) is 7.53. The largest absolute Gasteiger partial charge is 0.380 e. The first-order valence-corrected chi connectivity index (χ1v) is 6.89. The maximum Gasteiger partial charge on any atom is 0.0590 e. The Kier molecular flexibility index (Phi) is 5.90. The van der Waals surface area contributed by atoms with Crippen LogP contribution < -0.4 is 5.32 Å². The van der Waals surface area contributed by atoms with Gasteiger partial charge in [-0.15, -0.1) is 0 Å². The molecule has 0 aromatic rings. The molecule has 1 aliphatic carbocycles. The summed E-state index contributed by atoms with van der Waals surface area (Å²) < 4.78 is 5.97. The Balaban J connectivity index is 1.92. The van der Waals surface area contributed by atoms with Crippen molar-refractivity contribution in [3.8, 4) is 0 Å².